The first-order valence-electron chi connectivity index (χ1n) is 5.95. The van der Waals surface area contributed by atoms with Crippen LogP contribution < -0.4 is 0 Å². The highest BCUT2D eigenvalue weighted by atomic mass is 19.4. The van der Waals surface area contributed by atoms with Gasteiger partial charge in [0.05, 0.1) is 16.7 Å². The molecule has 0 spiro atoms. The lowest BCUT2D eigenvalue weighted by Crippen LogP contribution is -2.21. The lowest BCUT2D eigenvalue weighted by atomic mass is 9.98. The van der Waals surface area contributed by atoms with Gasteiger partial charge in [-0.3, -0.25) is 0 Å². The van der Waals surface area contributed by atoms with Gasteiger partial charge in [-0.05, 0) is 45.4 Å². The van der Waals surface area contributed by atoms with E-state index in [4.69, 9.17) is 4.84 Å². The second-order valence-electron chi connectivity index (χ2n) is 5.38. The molecule has 3 nitrogen and oxygen atoms in total. The number of hydrogen-bond donors (Lipinski definition) is 0. The largest absolute Gasteiger partial charge is 0.416 e. The first-order valence-corrected chi connectivity index (χ1v) is 5.95. The fourth-order valence-electron chi connectivity index (χ4n) is 1.20. The molecular formula is C14H16F3NO2. The Labute approximate surface area is 115 Å². The minimum Gasteiger partial charge on any atom is -0.317 e. The van der Waals surface area contributed by atoms with Crippen LogP contribution in [0, 0.1) is 5.41 Å². The molecule has 0 fully saturated rings. The molecule has 0 aromatic heterocycles. The minimum absolute atomic E-state index is 0.330. The maximum absolute atomic E-state index is 12.4. The normalized spacial score (nSPS) is 13.2. The number of nitrogens with zero attached hydrogens (tertiary/aromatic N) is 1. The van der Waals surface area contributed by atoms with Gasteiger partial charge >= 0.3 is 12.1 Å². The van der Waals surface area contributed by atoms with E-state index in [1.54, 1.807) is 27.7 Å². The van der Waals surface area contributed by atoms with Gasteiger partial charge in [0.2, 0.25) is 0 Å². The lowest BCUT2D eigenvalue weighted by Gasteiger charge is -2.13. The summed E-state index contributed by atoms with van der Waals surface area (Å²) in [4.78, 5) is 16.3. The van der Waals surface area contributed by atoms with Gasteiger partial charge < -0.3 is 4.84 Å². The molecule has 0 saturated heterocycles. The summed E-state index contributed by atoms with van der Waals surface area (Å²) < 4.78 is 37.2. The van der Waals surface area contributed by atoms with Crippen molar-refractivity contribution in [1.82, 2.24) is 0 Å². The van der Waals surface area contributed by atoms with Gasteiger partial charge in [-0.1, -0.05) is 17.3 Å². The first-order chi connectivity index (χ1) is 9.01. The molecule has 1 aromatic carbocycles. The van der Waals surface area contributed by atoms with Crippen LogP contribution in [0.1, 0.15) is 38.8 Å². The highest BCUT2D eigenvalue weighted by Gasteiger charge is 2.30. The highest BCUT2D eigenvalue weighted by molar-refractivity contribution is 5.98. The minimum atomic E-state index is -4.37. The molecule has 0 heterocycles. The van der Waals surface area contributed by atoms with Crippen molar-refractivity contribution >= 4 is 11.7 Å². The number of halogens is 3. The first kappa shape index (κ1) is 16.2. The average Bonchev–Trinajstić information content (AvgIpc) is 2.33. The maximum atomic E-state index is 12.4. The molecule has 0 radical (unpaired) electrons. The molecule has 0 atom stereocenters. The number of oxime groups is 1. The van der Waals surface area contributed by atoms with Gasteiger partial charge in [0.25, 0.3) is 0 Å². The molecule has 0 bridgehead atoms. The van der Waals surface area contributed by atoms with Crippen molar-refractivity contribution in [2.75, 3.05) is 0 Å². The molecule has 0 aliphatic carbocycles. The predicted octanol–water partition coefficient (Wildman–Crippen LogP) is 4.02. The molecule has 1 aromatic rings. The summed E-state index contributed by atoms with van der Waals surface area (Å²) in [5.74, 6) is -0.510. The summed E-state index contributed by atoms with van der Waals surface area (Å²) in [7, 11) is 0. The van der Waals surface area contributed by atoms with Crippen LogP contribution in [-0.4, -0.2) is 11.7 Å². The molecule has 0 N–H and O–H groups in total. The molecule has 110 valence electrons. The van der Waals surface area contributed by atoms with Crippen molar-refractivity contribution in [3.05, 3.63) is 35.4 Å². The highest BCUT2D eigenvalue weighted by Crippen LogP contribution is 2.29. The molecule has 0 unspecified atom stereocenters. The van der Waals surface area contributed by atoms with Crippen molar-refractivity contribution in [2.45, 2.75) is 33.9 Å². The third-order valence-corrected chi connectivity index (χ3v) is 2.51. The number of rotatable bonds is 2. The number of carbonyl (C=O) groups is 1. The molecule has 0 saturated carbocycles. The second-order valence-corrected chi connectivity index (χ2v) is 5.38. The third kappa shape index (κ3) is 4.36. The summed E-state index contributed by atoms with van der Waals surface area (Å²) in [6, 6.07) is 4.49. The Morgan fingerprint density at radius 1 is 1.10 bits per heavy atom. The molecule has 0 aliphatic rings. The van der Waals surface area contributed by atoms with Crippen LogP contribution in [0.3, 0.4) is 0 Å². The van der Waals surface area contributed by atoms with Crippen molar-refractivity contribution in [3.63, 3.8) is 0 Å². The van der Waals surface area contributed by atoms with E-state index < -0.39 is 23.1 Å². The number of hydrogen-bond acceptors (Lipinski definition) is 3. The Morgan fingerprint density at radius 2 is 1.60 bits per heavy atom. The third-order valence-electron chi connectivity index (χ3n) is 2.51. The topological polar surface area (TPSA) is 38.7 Å². The van der Waals surface area contributed by atoms with E-state index in [0.29, 0.717) is 11.3 Å². The quantitative estimate of drug-likeness (QED) is 0.468. The van der Waals surface area contributed by atoms with Gasteiger partial charge in [0, 0.05) is 0 Å². The van der Waals surface area contributed by atoms with Gasteiger partial charge in [-0.2, -0.15) is 13.2 Å². The average molecular weight is 287 g/mol. The monoisotopic (exact) mass is 287 g/mol. The summed E-state index contributed by atoms with van der Waals surface area (Å²) >= 11 is 0. The molecule has 6 heteroatoms. The SMILES string of the molecule is C/C(=N\OC(=O)C(C)(C)C)c1ccc(C(F)(F)F)cc1. The van der Waals surface area contributed by atoms with Crippen molar-refractivity contribution in [3.8, 4) is 0 Å². The maximum Gasteiger partial charge on any atom is 0.416 e. The van der Waals surface area contributed by atoms with Gasteiger partial charge in [-0.15, -0.1) is 0 Å². The Balaban J connectivity index is 2.83. The standard InChI is InChI=1S/C14H16F3NO2/c1-9(18-20-12(19)13(2,3)4)10-5-7-11(8-6-10)14(15,16)17/h5-8H,1-4H3/b18-9+. The molecule has 20 heavy (non-hydrogen) atoms. The van der Waals surface area contributed by atoms with Gasteiger partial charge in [-0.25, -0.2) is 4.79 Å². The van der Waals surface area contributed by atoms with E-state index in [1.807, 2.05) is 0 Å². The summed E-state index contributed by atoms with van der Waals surface area (Å²) in [6.45, 7) is 6.59. The Bertz CT molecular complexity index is 511. The molecule has 0 amide bonds. The zero-order valence-electron chi connectivity index (χ0n) is 11.7. The number of alkyl halides is 3. The predicted molar refractivity (Wildman–Crippen MR) is 69.2 cm³/mol. The van der Waals surface area contributed by atoms with Crippen LogP contribution >= 0.6 is 0 Å². The molecule has 0 aliphatic heterocycles. The summed E-state index contributed by atoms with van der Waals surface area (Å²) in [6.07, 6.45) is -4.37. The fourth-order valence-corrected chi connectivity index (χ4v) is 1.20. The van der Waals surface area contributed by atoms with Crippen molar-refractivity contribution in [1.29, 1.82) is 0 Å². The van der Waals surface area contributed by atoms with Crippen LogP contribution in [0.4, 0.5) is 13.2 Å². The smallest absolute Gasteiger partial charge is 0.317 e. The number of carbonyl (C=O) groups excluding carboxylic acids is 1. The van der Waals surface area contributed by atoms with Crippen LogP contribution in [0.15, 0.2) is 29.4 Å². The van der Waals surface area contributed by atoms with Crippen LogP contribution in [0.2, 0.25) is 0 Å². The Morgan fingerprint density at radius 3 is 2.00 bits per heavy atom. The van der Waals surface area contributed by atoms with Gasteiger partial charge in [0.1, 0.15) is 0 Å². The second kappa shape index (κ2) is 5.64. The number of benzene rings is 1. The fraction of sp³-hybridized carbons (Fsp3) is 0.429. The van der Waals surface area contributed by atoms with Crippen LogP contribution in [0.25, 0.3) is 0 Å². The van der Waals surface area contributed by atoms with E-state index in [1.165, 1.54) is 12.1 Å². The summed E-state index contributed by atoms with van der Waals surface area (Å²) in [5, 5.41) is 3.64. The van der Waals surface area contributed by atoms with Crippen LogP contribution in [0.5, 0.6) is 0 Å². The molecule has 1 rings (SSSR count). The van der Waals surface area contributed by atoms with E-state index >= 15 is 0 Å². The van der Waals surface area contributed by atoms with Crippen LogP contribution in [-0.2, 0) is 15.8 Å². The zero-order chi connectivity index (χ0) is 15.6. The summed E-state index contributed by atoms with van der Waals surface area (Å²) in [5.41, 5.74) is -0.638. The lowest BCUT2D eigenvalue weighted by molar-refractivity contribution is -0.152. The van der Waals surface area contributed by atoms with Crippen molar-refractivity contribution < 1.29 is 22.8 Å². The van der Waals surface area contributed by atoms with Gasteiger partial charge in [0.15, 0.2) is 0 Å². The van der Waals surface area contributed by atoms with E-state index in [2.05, 4.69) is 5.16 Å². The van der Waals surface area contributed by atoms with Crippen molar-refractivity contribution in [2.24, 2.45) is 10.6 Å². The Hall–Kier alpha value is -1.85. The molecular weight excluding hydrogens is 271 g/mol. The van der Waals surface area contributed by atoms with E-state index in [0.717, 1.165) is 12.1 Å². The van der Waals surface area contributed by atoms with E-state index in [9.17, 15) is 18.0 Å². The Kier molecular flexibility index (Phi) is 4.57. The zero-order valence-corrected chi connectivity index (χ0v) is 11.7. The van der Waals surface area contributed by atoms with E-state index in [-0.39, 0.29) is 0 Å².